The second kappa shape index (κ2) is 3.78. The van der Waals surface area contributed by atoms with E-state index in [2.05, 4.69) is 17.1 Å². The van der Waals surface area contributed by atoms with E-state index in [9.17, 15) is 0 Å². The second-order valence-corrected chi connectivity index (χ2v) is 3.00. The number of H-pyrrole nitrogens is 1. The first-order valence-corrected chi connectivity index (χ1v) is 4.11. The largest absolute Gasteiger partial charge is 0.362 e. The normalized spacial score (nSPS) is 9.23. The summed E-state index contributed by atoms with van der Waals surface area (Å²) in [7, 11) is 0. The highest BCUT2D eigenvalue weighted by Crippen LogP contribution is 2.18. The SMILES string of the molecule is Cc1[nH]c(C)c(CC#N)c1CC#N. The van der Waals surface area contributed by atoms with Crippen LogP contribution in [0.3, 0.4) is 0 Å². The van der Waals surface area contributed by atoms with Gasteiger partial charge in [-0.25, -0.2) is 0 Å². The molecule has 0 amide bonds. The zero-order chi connectivity index (χ0) is 9.84. The molecule has 0 aliphatic rings. The molecular formula is C10H11N3. The lowest BCUT2D eigenvalue weighted by molar-refractivity contribution is 1.15. The minimum atomic E-state index is 0.382. The van der Waals surface area contributed by atoms with Gasteiger partial charge in [-0.15, -0.1) is 0 Å². The fourth-order valence-corrected chi connectivity index (χ4v) is 1.52. The molecule has 0 aliphatic carbocycles. The summed E-state index contributed by atoms with van der Waals surface area (Å²) in [6, 6.07) is 4.22. The summed E-state index contributed by atoms with van der Waals surface area (Å²) < 4.78 is 0. The molecule has 3 heteroatoms. The van der Waals surface area contributed by atoms with Crippen molar-refractivity contribution < 1.29 is 0 Å². The molecule has 0 aliphatic heterocycles. The van der Waals surface area contributed by atoms with Crippen LogP contribution in [0.1, 0.15) is 22.5 Å². The van der Waals surface area contributed by atoms with Gasteiger partial charge in [0.25, 0.3) is 0 Å². The quantitative estimate of drug-likeness (QED) is 0.740. The van der Waals surface area contributed by atoms with Crippen LogP contribution in [0.2, 0.25) is 0 Å². The highest BCUT2D eigenvalue weighted by Gasteiger charge is 2.10. The van der Waals surface area contributed by atoms with Crippen molar-refractivity contribution in [2.45, 2.75) is 26.7 Å². The van der Waals surface area contributed by atoms with E-state index in [1.807, 2.05) is 13.8 Å². The Balaban J connectivity index is 3.16. The molecule has 0 fully saturated rings. The summed E-state index contributed by atoms with van der Waals surface area (Å²) in [6.07, 6.45) is 0.764. The molecular weight excluding hydrogens is 162 g/mol. The Morgan fingerprint density at radius 2 is 1.38 bits per heavy atom. The molecule has 0 saturated carbocycles. The van der Waals surface area contributed by atoms with Crippen molar-refractivity contribution in [3.8, 4) is 12.1 Å². The molecule has 0 radical (unpaired) electrons. The van der Waals surface area contributed by atoms with Crippen LogP contribution in [0.4, 0.5) is 0 Å². The molecule has 0 aromatic carbocycles. The van der Waals surface area contributed by atoms with Crippen LogP contribution >= 0.6 is 0 Å². The Kier molecular flexibility index (Phi) is 2.72. The van der Waals surface area contributed by atoms with Crippen molar-refractivity contribution in [1.29, 1.82) is 10.5 Å². The Morgan fingerprint density at radius 3 is 1.69 bits per heavy atom. The number of aromatic amines is 1. The molecule has 1 heterocycles. The molecule has 1 aromatic rings. The van der Waals surface area contributed by atoms with Crippen LogP contribution in [-0.2, 0) is 12.8 Å². The van der Waals surface area contributed by atoms with Gasteiger partial charge in [-0.2, -0.15) is 10.5 Å². The predicted octanol–water partition coefficient (Wildman–Crippen LogP) is 1.76. The number of nitrogens with zero attached hydrogens (tertiary/aromatic N) is 2. The topological polar surface area (TPSA) is 63.4 Å². The Hall–Kier alpha value is -1.74. The molecule has 3 nitrogen and oxygen atoms in total. The molecule has 13 heavy (non-hydrogen) atoms. The van der Waals surface area contributed by atoms with Gasteiger partial charge in [0.1, 0.15) is 0 Å². The number of nitriles is 2. The van der Waals surface area contributed by atoms with Gasteiger partial charge in [-0.1, -0.05) is 0 Å². The summed E-state index contributed by atoms with van der Waals surface area (Å²) in [4.78, 5) is 3.14. The number of rotatable bonds is 2. The molecule has 1 N–H and O–H groups in total. The van der Waals surface area contributed by atoms with Crippen molar-refractivity contribution in [3.05, 3.63) is 22.5 Å². The van der Waals surface area contributed by atoms with Gasteiger partial charge < -0.3 is 4.98 Å². The minimum absolute atomic E-state index is 0.382. The summed E-state index contributed by atoms with van der Waals surface area (Å²) in [5, 5.41) is 17.2. The van der Waals surface area contributed by atoms with Crippen molar-refractivity contribution >= 4 is 0 Å². The third kappa shape index (κ3) is 1.71. The van der Waals surface area contributed by atoms with E-state index in [4.69, 9.17) is 10.5 Å². The van der Waals surface area contributed by atoms with Gasteiger partial charge >= 0.3 is 0 Å². The number of hydrogen-bond acceptors (Lipinski definition) is 2. The number of hydrogen-bond donors (Lipinski definition) is 1. The lowest BCUT2D eigenvalue weighted by Crippen LogP contribution is -1.90. The molecule has 0 atom stereocenters. The molecule has 66 valence electrons. The fourth-order valence-electron chi connectivity index (χ4n) is 1.52. The standard InChI is InChI=1S/C10H11N3/c1-7-9(3-5-11)10(4-6-12)8(2)13-7/h13H,3-4H2,1-2H3. The zero-order valence-electron chi connectivity index (χ0n) is 7.81. The Morgan fingerprint density at radius 1 is 1.00 bits per heavy atom. The fraction of sp³-hybridized carbons (Fsp3) is 0.400. The minimum Gasteiger partial charge on any atom is -0.362 e. The first-order valence-electron chi connectivity index (χ1n) is 4.11. The average molecular weight is 173 g/mol. The summed E-state index contributed by atoms with van der Waals surface area (Å²) in [6.45, 7) is 3.86. The van der Waals surface area contributed by atoms with E-state index in [0.29, 0.717) is 12.8 Å². The molecule has 0 unspecified atom stereocenters. The van der Waals surface area contributed by atoms with Gasteiger partial charge in [0.2, 0.25) is 0 Å². The van der Waals surface area contributed by atoms with Crippen LogP contribution in [0, 0.1) is 36.5 Å². The highest BCUT2D eigenvalue weighted by molar-refractivity contribution is 5.39. The smallest absolute Gasteiger partial charge is 0.0670 e. The first-order chi connectivity index (χ1) is 6.20. The van der Waals surface area contributed by atoms with Gasteiger partial charge in [-0.05, 0) is 25.0 Å². The van der Waals surface area contributed by atoms with Crippen LogP contribution in [0.15, 0.2) is 0 Å². The maximum atomic E-state index is 8.60. The lowest BCUT2D eigenvalue weighted by Gasteiger charge is -1.96. The van der Waals surface area contributed by atoms with Gasteiger partial charge in [0.05, 0.1) is 25.0 Å². The first kappa shape index (κ1) is 9.35. The highest BCUT2D eigenvalue weighted by atomic mass is 14.7. The van der Waals surface area contributed by atoms with Crippen molar-refractivity contribution in [2.75, 3.05) is 0 Å². The van der Waals surface area contributed by atoms with E-state index in [-0.39, 0.29) is 0 Å². The summed E-state index contributed by atoms with van der Waals surface area (Å²) in [5.74, 6) is 0. The van der Waals surface area contributed by atoms with Crippen LogP contribution < -0.4 is 0 Å². The van der Waals surface area contributed by atoms with E-state index in [1.54, 1.807) is 0 Å². The molecule has 1 rings (SSSR count). The number of nitrogens with one attached hydrogen (secondary N) is 1. The van der Waals surface area contributed by atoms with Crippen molar-refractivity contribution in [2.24, 2.45) is 0 Å². The average Bonchev–Trinajstić information content (AvgIpc) is 2.33. The number of aryl methyl sites for hydroxylation is 2. The third-order valence-electron chi connectivity index (χ3n) is 2.16. The van der Waals surface area contributed by atoms with E-state index >= 15 is 0 Å². The monoisotopic (exact) mass is 173 g/mol. The lowest BCUT2D eigenvalue weighted by atomic mass is 10.0. The van der Waals surface area contributed by atoms with Gasteiger partial charge in [-0.3, -0.25) is 0 Å². The third-order valence-corrected chi connectivity index (χ3v) is 2.16. The number of aromatic nitrogens is 1. The Bertz CT molecular complexity index is 351. The predicted molar refractivity (Wildman–Crippen MR) is 48.9 cm³/mol. The molecule has 0 saturated heterocycles. The van der Waals surface area contributed by atoms with Crippen LogP contribution in [-0.4, -0.2) is 4.98 Å². The Labute approximate surface area is 77.6 Å². The maximum absolute atomic E-state index is 8.60. The van der Waals surface area contributed by atoms with E-state index in [0.717, 1.165) is 22.5 Å². The second-order valence-electron chi connectivity index (χ2n) is 3.00. The van der Waals surface area contributed by atoms with E-state index in [1.165, 1.54) is 0 Å². The molecule has 0 spiro atoms. The summed E-state index contributed by atoms with van der Waals surface area (Å²) in [5.41, 5.74) is 3.98. The molecule has 1 aromatic heterocycles. The zero-order valence-corrected chi connectivity index (χ0v) is 7.81. The van der Waals surface area contributed by atoms with Crippen LogP contribution in [0.25, 0.3) is 0 Å². The maximum Gasteiger partial charge on any atom is 0.0670 e. The van der Waals surface area contributed by atoms with Crippen LogP contribution in [0.5, 0.6) is 0 Å². The van der Waals surface area contributed by atoms with Crippen molar-refractivity contribution in [1.82, 2.24) is 4.98 Å². The summed E-state index contributed by atoms with van der Waals surface area (Å²) >= 11 is 0. The van der Waals surface area contributed by atoms with Crippen molar-refractivity contribution in [3.63, 3.8) is 0 Å². The molecule has 0 bridgehead atoms. The van der Waals surface area contributed by atoms with E-state index < -0.39 is 0 Å². The van der Waals surface area contributed by atoms with Gasteiger partial charge in [0.15, 0.2) is 0 Å². The van der Waals surface area contributed by atoms with Gasteiger partial charge in [0, 0.05) is 11.4 Å².